The monoisotopic (exact) mass is 354 g/mol. The first-order chi connectivity index (χ1) is 11.9. The number of para-hydroxylation sites is 1. The molecular formula is C17H14F4N2O2. The van der Waals surface area contributed by atoms with Gasteiger partial charge in [0.15, 0.2) is 0 Å². The highest BCUT2D eigenvalue weighted by Gasteiger charge is 2.13. The zero-order valence-corrected chi connectivity index (χ0v) is 12.9. The van der Waals surface area contributed by atoms with Crippen molar-refractivity contribution < 1.29 is 27.2 Å². The Morgan fingerprint density at radius 2 is 1.60 bits per heavy atom. The summed E-state index contributed by atoms with van der Waals surface area (Å²) in [7, 11) is 0. The average molecular weight is 354 g/mol. The Balaban J connectivity index is 1.79. The van der Waals surface area contributed by atoms with Gasteiger partial charge in [-0.1, -0.05) is 6.07 Å². The van der Waals surface area contributed by atoms with E-state index in [1.54, 1.807) is 0 Å². The van der Waals surface area contributed by atoms with E-state index in [2.05, 4.69) is 10.6 Å². The van der Waals surface area contributed by atoms with E-state index in [-0.39, 0.29) is 24.9 Å². The van der Waals surface area contributed by atoms with Gasteiger partial charge < -0.3 is 10.6 Å². The number of halogens is 4. The predicted molar refractivity (Wildman–Crippen MR) is 82.9 cm³/mol. The normalized spacial score (nSPS) is 10.4. The fourth-order valence-electron chi connectivity index (χ4n) is 2.04. The van der Waals surface area contributed by atoms with Gasteiger partial charge in [0.25, 0.3) is 5.91 Å². The van der Waals surface area contributed by atoms with Crippen LogP contribution in [0.1, 0.15) is 23.2 Å². The summed E-state index contributed by atoms with van der Waals surface area (Å²) in [5.74, 6) is -4.97. The predicted octanol–water partition coefficient (Wildman–Crippen LogP) is 3.39. The van der Waals surface area contributed by atoms with Gasteiger partial charge in [0, 0.05) is 19.0 Å². The maximum absolute atomic E-state index is 13.4. The number of nitrogens with one attached hydrogen (secondary N) is 2. The third-order valence-corrected chi connectivity index (χ3v) is 3.27. The zero-order valence-electron chi connectivity index (χ0n) is 12.9. The lowest BCUT2D eigenvalue weighted by molar-refractivity contribution is -0.116. The maximum atomic E-state index is 13.4. The minimum absolute atomic E-state index is 0.0306. The van der Waals surface area contributed by atoms with Crippen molar-refractivity contribution in [2.75, 3.05) is 11.9 Å². The maximum Gasteiger partial charge on any atom is 0.254 e. The summed E-state index contributed by atoms with van der Waals surface area (Å²) in [5.41, 5.74) is -0.857. The van der Waals surface area contributed by atoms with Crippen LogP contribution >= 0.6 is 0 Å². The van der Waals surface area contributed by atoms with Crippen molar-refractivity contribution in [2.45, 2.75) is 12.8 Å². The molecule has 25 heavy (non-hydrogen) atoms. The molecule has 0 radical (unpaired) electrons. The van der Waals surface area contributed by atoms with Crippen molar-refractivity contribution in [3.8, 4) is 0 Å². The van der Waals surface area contributed by atoms with E-state index in [4.69, 9.17) is 0 Å². The summed E-state index contributed by atoms with van der Waals surface area (Å²) >= 11 is 0. The molecule has 2 aromatic rings. The van der Waals surface area contributed by atoms with E-state index in [1.165, 1.54) is 6.07 Å². The molecule has 0 unspecified atom stereocenters. The molecule has 4 nitrogen and oxygen atoms in total. The first-order valence-electron chi connectivity index (χ1n) is 7.35. The Morgan fingerprint density at radius 1 is 0.920 bits per heavy atom. The van der Waals surface area contributed by atoms with Gasteiger partial charge >= 0.3 is 0 Å². The van der Waals surface area contributed by atoms with Crippen molar-refractivity contribution in [1.29, 1.82) is 0 Å². The second-order valence-electron chi connectivity index (χ2n) is 5.13. The van der Waals surface area contributed by atoms with Gasteiger partial charge in [-0.25, -0.2) is 17.6 Å². The second-order valence-corrected chi connectivity index (χ2v) is 5.13. The molecule has 132 valence electrons. The van der Waals surface area contributed by atoms with Crippen LogP contribution in [0.25, 0.3) is 0 Å². The van der Waals surface area contributed by atoms with Gasteiger partial charge in [0.1, 0.15) is 29.0 Å². The van der Waals surface area contributed by atoms with Crippen LogP contribution in [0.5, 0.6) is 0 Å². The smallest absolute Gasteiger partial charge is 0.254 e. The number of amides is 2. The first kappa shape index (κ1) is 18.4. The Morgan fingerprint density at radius 3 is 2.24 bits per heavy atom. The van der Waals surface area contributed by atoms with E-state index in [9.17, 15) is 27.2 Å². The molecule has 0 heterocycles. The summed E-state index contributed by atoms with van der Waals surface area (Å²) < 4.78 is 53.0. The molecule has 0 spiro atoms. The number of rotatable bonds is 6. The zero-order chi connectivity index (χ0) is 18.4. The Hall–Kier alpha value is -2.90. The third kappa shape index (κ3) is 5.03. The molecule has 2 amide bonds. The Kier molecular flexibility index (Phi) is 6.10. The molecule has 0 aliphatic rings. The molecule has 0 aliphatic heterocycles. The minimum atomic E-state index is -0.995. The molecule has 0 saturated carbocycles. The number of carbonyl (C=O) groups is 2. The van der Waals surface area contributed by atoms with Crippen LogP contribution < -0.4 is 10.6 Å². The van der Waals surface area contributed by atoms with Crippen LogP contribution in [0.3, 0.4) is 0 Å². The van der Waals surface area contributed by atoms with E-state index in [1.807, 2.05) is 0 Å². The molecule has 2 N–H and O–H groups in total. The summed E-state index contributed by atoms with van der Waals surface area (Å²) in [6, 6.07) is 5.74. The summed E-state index contributed by atoms with van der Waals surface area (Å²) in [6.07, 6.45) is 0.0520. The lowest BCUT2D eigenvalue weighted by atomic mass is 10.2. The van der Waals surface area contributed by atoms with Crippen LogP contribution in [-0.2, 0) is 4.79 Å². The van der Waals surface area contributed by atoms with Gasteiger partial charge in [-0.05, 0) is 30.7 Å². The van der Waals surface area contributed by atoms with Crippen molar-refractivity contribution in [2.24, 2.45) is 0 Å². The molecule has 0 bridgehead atoms. The number of hydrogen-bond acceptors (Lipinski definition) is 2. The van der Waals surface area contributed by atoms with Crippen LogP contribution in [-0.4, -0.2) is 18.4 Å². The van der Waals surface area contributed by atoms with E-state index in [0.29, 0.717) is 6.07 Å². The highest BCUT2D eigenvalue weighted by atomic mass is 19.1. The van der Waals surface area contributed by atoms with Crippen molar-refractivity contribution >= 4 is 17.5 Å². The van der Waals surface area contributed by atoms with Crippen molar-refractivity contribution in [3.63, 3.8) is 0 Å². The lowest BCUT2D eigenvalue weighted by Crippen LogP contribution is -2.26. The fourth-order valence-corrected chi connectivity index (χ4v) is 2.04. The van der Waals surface area contributed by atoms with Gasteiger partial charge in [-0.2, -0.15) is 0 Å². The molecule has 2 rings (SSSR count). The molecule has 2 aromatic carbocycles. The largest absolute Gasteiger partial charge is 0.352 e. The molecule has 0 fully saturated rings. The first-order valence-corrected chi connectivity index (χ1v) is 7.35. The minimum Gasteiger partial charge on any atom is -0.352 e. The van der Waals surface area contributed by atoms with E-state index < -0.39 is 40.8 Å². The number of hydrogen-bond donors (Lipinski definition) is 2. The Labute approximate surface area is 140 Å². The van der Waals surface area contributed by atoms with E-state index in [0.717, 1.165) is 24.3 Å². The third-order valence-electron chi connectivity index (χ3n) is 3.27. The van der Waals surface area contributed by atoms with Crippen molar-refractivity contribution in [3.05, 3.63) is 65.2 Å². The lowest BCUT2D eigenvalue weighted by Gasteiger charge is -2.08. The Bertz CT molecular complexity index is 776. The molecule has 0 saturated heterocycles. The number of carbonyl (C=O) groups excluding carboxylic acids is 2. The van der Waals surface area contributed by atoms with Gasteiger partial charge in [0.2, 0.25) is 5.91 Å². The standard InChI is InChI=1S/C17H14F4N2O2/c18-10-6-7-11(14(21)9-10)17(25)22-8-2-5-15(24)23-16-12(19)3-1-4-13(16)20/h1,3-4,6-7,9H,2,5,8H2,(H,22,25)(H,23,24). The van der Waals surface area contributed by atoms with Gasteiger partial charge in [-0.3, -0.25) is 9.59 Å². The van der Waals surface area contributed by atoms with Crippen molar-refractivity contribution in [1.82, 2.24) is 5.32 Å². The number of anilines is 1. The number of benzene rings is 2. The van der Waals surface area contributed by atoms with Crippen LogP contribution in [0.15, 0.2) is 36.4 Å². The van der Waals surface area contributed by atoms with Crippen LogP contribution in [0.4, 0.5) is 23.2 Å². The van der Waals surface area contributed by atoms with Gasteiger partial charge in [-0.15, -0.1) is 0 Å². The SMILES string of the molecule is O=C(CCCNC(=O)c1ccc(F)cc1F)Nc1c(F)cccc1F. The van der Waals surface area contributed by atoms with E-state index >= 15 is 0 Å². The topological polar surface area (TPSA) is 58.2 Å². The summed E-state index contributed by atoms with van der Waals surface area (Å²) in [5, 5.41) is 4.48. The fraction of sp³-hybridized carbons (Fsp3) is 0.176. The molecule has 0 atom stereocenters. The van der Waals surface area contributed by atoms with Gasteiger partial charge in [0.05, 0.1) is 5.56 Å². The molecular weight excluding hydrogens is 340 g/mol. The second kappa shape index (κ2) is 8.27. The van der Waals surface area contributed by atoms with Crippen LogP contribution in [0.2, 0.25) is 0 Å². The molecule has 0 aromatic heterocycles. The highest BCUT2D eigenvalue weighted by molar-refractivity contribution is 5.94. The van der Waals surface area contributed by atoms with Crippen LogP contribution in [0, 0.1) is 23.3 Å². The quantitative estimate of drug-likeness (QED) is 0.617. The molecule has 8 heteroatoms. The highest BCUT2D eigenvalue weighted by Crippen LogP contribution is 2.18. The molecule has 0 aliphatic carbocycles. The summed E-state index contributed by atoms with van der Waals surface area (Å²) in [6.45, 7) is 0.0306. The average Bonchev–Trinajstić information content (AvgIpc) is 2.55. The summed E-state index contributed by atoms with van der Waals surface area (Å²) in [4.78, 5) is 23.4.